The van der Waals surface area contributed by atoms with Crippen molar-refractivity contribution in [3.8, 4) is 5.75 Å². The molecule has 1 atom stereocenters. The minimum Gasteiger partial charge on any atom is -0.507 e. The average molecular weight is 284 g/mol. The first-order valence-electron chi connectivity index (χ1n) is 7.16. The number of nitrogens with zero attached hydrogens (tertiary/aromatic N) is 2. The van der Waals surface area contributed by atoms with Crippen LogP contribution in [0.5, 0.6) is 5.75 Å². The number of anilines is 3. The number of hydrogen-bond donors (Lipinski definition) is 2. The highest BCUT2D eigenvalue weighted by Crippen LogP contribution is 2.38. The van der Waals surface area contributed by atoms with Crippen molar-refractivity contribution >= 4 is 17.1 Å². The van der Waals surface area contributed by atoms with Gasteiger partial charge in [0.05, 0.1) is 17.5 Å². The number of para-hydroxylation sites is 2. The van der Waals surface area contributed by atoms with Gasteiger partial charge in [-0.05, 0) is 25.1 Å². The van der Waals surface area contributed by atoms with Crippen LogP contribution < -0.4 is 9.80 Å². The molecule has 110 valence electrons. The van der Waals surface area contributed by atoms with Gasteiger partial charge in [0.1, 0.15) is 5.75 Å². The number of rotatable bonds is 2. The van der Waals surface area contributed by atoms with Crippen LogP contribution in [0.3, 0.4) is 0 Å². The lowest BCUT2D eigenvalue weighted by Gasteiger charge is -2.37. The molecule has 1 unspecified atom stereocenters. The molecule has 0 fully saturated rings. The third-order valence-corrected chi connectivity index (χ3v) is 4.02. The van der Waals surface area contributed by atoms with Crippen molar-refractivity contribution in [1.82, 2.24) is 0 Å². The Hall–Kier alpha value is -2.20. The summed E-state index contributed by atoms with van der Waals surface area (Å²) in [5.74, 6) is 0.138. The lowest BCUT2D eigenvalue weighted by Crippen LogP contribution is -2.36. The number of phenolic OH excluding ortho intramolecular Hbond substituents is 1. The maximum absolute atomic E-state index is 10.1. The van der Waals surface area contributed by atoms with Crippen LogP contribution in [-0.4, -0.2) is 30.4 Å². The fraction of sp³-hybridized carbons (Fsp3) is 0.294. The summed E-state index contributed by atoms with van der Waals surface area (Å²) in [6, 6.07) is 13.7. The molecule has 0 saturated carbocycles. The van der Waals surface area contributed by atoms with E-state index in [9.17, 15) is 10.2 Å². The van der Waals surface area contributed by atoms with Gasteiger partial charge < -0.3 is 20.0 Å². The molecule has 21 heavy (non-hydrogen) atoms. The first kappa shape index (κ1) is 13.8. The molecule has 1 aliphatic heterocycles. The number of phenols is 1. The van der Waals surface area contributed by atoms with E-state index in [2.05, 4.69) is 29.0 Å². The van der Waals surface area contributed by atoms with Crippen LogP contribution in [-0.2, 0) is 0 Å². The van der Waals surface area contributed by atoms with E-state index in [0.29, 0.717) is 5.56 Å². The molecule has 0 saturated heterocycles. The van der Waals surface area contributed by atoms with Gasteiger partial charge in [-0.2, -0.15) is 0 Å². The minimum atomic E-state index is -0.668. The minimum absolute atomic E-state index is 0.138. The summed E-state index contributed by atoms with van der Waals surface area (Å²) in [5, 5.41) is 19.7. The summed E-state index contributed by atoms with van der Waals surface area (Å²) in [4.78, 5) is 4.43. The Balaban J connectivity index is 2.02. The normalized spacial score (nSPS) is 15.8. The summed E-state index contributed by atoms with van der Waals surface area (Å²) in [7, 11) is 2.09. The zero-order valence-corrected chi connectivity index (χ0v) is 12.3. The summed E-state index contributed by atoms with van der Waals surface area (Å²) in [5.41, 5.74) is 3.82. The van der Waals surface area contributed by atoms with Gasteiger partial charge in [-0.25, -0.2) is 0 Å². The fourth-order valence-corrected chi connectivity index (χ4v) is 2.83. The molecule has 1 heterocycles. The highest BCUT2D eigenvalue weighted by atomic mass is 16.3. The number of aliphatic hydroxyl groups is 1. The predicted molar refractivity (Wildman–Crippen MR) is 85.5 cm³/mol. The smallest absolute Gasteiger partial charge is 0.123 e. The molecule has 0 spiro atoms. The van der Waals surface area contributed by atoms with Crippen molar-refractivity contribution in [3.63, 3.8) is 0 Å². The van der Waals surface area contributed by atoms with E-state index in [1.807, 2.05) is 18.2 Å². The summed E-state index contributed by atoms with van der Waals surface area (Å²) < 4.78 is 0. The van der Waals surface area contributed by atoms with Crippen molar-refractivity contribution in [3.05, 3.63) is 48.0 Å². The Labute approximate surface area is 124 Å². The molecule has 4 heteroatoms. The van der Waals surface area contributed by atoms with Crippen LogP contribution in [0.4, 0.5) is 17.1 Å². The van der Waals surface area contributed by atoms with Crippen molar-refractivity contribution in [2.75, 3.05) is 29.9 Å². The van der Waals surface area contributed by atoms with Crippen LogP contribution >= 0.6 is 0 Å². The predicted octanol–water partition coefficient (Wildman–Crippen LogP) is 3.03. The molecule has 4 nitrogen and oxygen atoms in total. The van der Waals surface area contributed by atoms with E-state index >= 15 is 0 Å². The monoisotopic (exact) mass is 284 g/mol. The van der Waals surface area contributed by atoms with Crippen LogP contribution in [0.1, 0.15) is 18.6 Å². The number of aromatic hydroxyl groups is 1. The van der Waals surface area contributed by atoms with E-state index in [0.717, 1.165) is 24.5 Å². The van der Waals surface area contributed by atoms with Gasteiger partial charge in [-0.15, -0.1) is 0 Å². The Morgan fingerprint density at radius 1 is 1.05 bits per heavy atom. The molecular weight excluding hydrogens is 264 g/mol. The van der Waals surface area contributed by atoms with Crippen LogP contribution in [0.2, 0.25) is 0 Å². The lowest BCUT2D eigenvalue weighted by atomic mass is 10.1. The Morgan fingerprint density at radius 3 is 2.43 bits per heavy atom. The highest BCUT2D eigenvalue weighted by Gasteiger charge is 2.21. The maximum atomic E-state index is 10.1. The standard InChI is InChI=1S/C17H20N2O2/c1-12(20)14-8-7-13(11-17(14)21)19-10-9-18(2)15-5-3-4-6-16(15)19/h3-8,11-12,20-21H,9-10H2,1-2H3. The van der Waals surface area contributed by atoms with Crippen molar-refractivity contribution in [2.24, 2.45) is 0 Å². The van der Waals surface area contributed by atoms with E-state index in [-0.39, 0.29) is 5.75 Å². The van der Waals surface area contributed by atoms with Gasteiger partial charge in [-0.3, -0.25) is 0 Å². The van der Waals surface area contributed by atoms with E-state index < -0.39 is 6.10 Å². The van der Waals surface area contributed by atoms with Gasteiger partial charge in [0, 0.05) is 37.5 Å². The third-order valence-electron chi connectivity index (χ3n) is 4.02. The molecule has 3 rings (SSSR count). The first-order chi connectivity index (χ1) is 10.1. The second kappa shape index (κ2) is 5.30. The van der Waals surface area contributed by atoms with Gasteiger partial charge in [-0.1, -0.05) is 18.2 Å². The van der Waals surface area contributed by atoms with Crippen molar-refractivity contribution in [2.45, 2.75) is 13.0 Å². The third kappa shape index (κ3) is 2.43. The quantitative estimate of drug-likeness (QED) is 0.890. The van der Waals surface area contributed by atoms with E-state index in [1.165, 1.54) is 5.69 Å². The number of hydrogen-bond acceptors (Lipinski definition) is 4. The van der Waals surface area contributed by atoms with Crippen LogP contribution in [0, 0.1) is 0 Å². The van der Waals surface area contributed by atoms with Crippen molar-refractivity contribution in [1.29, 1.82) is 0 Å². The molecule has 0 bridgehead atoms. The van der Waals surface area contributed by atoms with E-state index in [1.54, 1.807) is 19.1 Å². The molecule has 2 aromatic carbocycles. The zero-order valence-electron chi connectivity index (χ0n) is 12.3. The fourth-order valence-electron chi connectivity index (χ4n) is 2.83. The van der Waals surface area contributed by atoms with E-state index in [4.69, 9.17) is 0 Å². The SMILES string of the molecule is CC(O)c1ccc(N2CCN(C)c3ccccc32)cc1O. The van der Waals surface area contributed by atoms with Gasteiger partial charge >= 0.3 is 0 Å². The molecule has 0 aromatic heterocycles. The molecular formula is C17H20N2O2. The highest BCUT2D eigenvalue weighted by molar-refractivity contribution is 5.79. The number of aliphatic hydroxyl groups excluding tert-OH is 1. The second-order valence-corrected chi connectivity index (χ2v) is 5.48. The summed E-state index contributed by atoms with van der Waals surface area (Å²) in [6.07, 6.45) is -0.668. The Bertz CT molecular complexity index is 655. The number of benzene rings is 2. The van der Waals surface area contributed by atoms with Gasteiger partial charge in [0.15, 0.2) is 0 Å². The van der Waals surface area contributed by atoms with Gasteiger partial charge in [0.2, 0.25) is 0 Å². The molecule has 2 aromatic rings. The molecule has 0 amide bonds. The molecule has 0 radical (unpaired) electrons. The largest absolute Gasteiger partial charge is 0.507 e. The zero-order chi connectivity index (χ0) is 15.0. The topological polar surface area (TPSA) is 46.9 Å². The molecule has 0 aliphatic carbocycles. The maximum Gasteiger partial charge on any atom is 0.123 e. The second-order valence-electron chi connectivity index (χ2n) is 5.48. The Morgan fingerprint density at radius 2 is 1.76 bits per heavy atom. The lowest BCUT2D eigenvalue weighted by molar-refractivity contribution is 0.195. The van der Waals surface area contributed by atoms with Crippen LogP contribution in [0.15, 0.2) is 42.5 Å². The average Bonchev–Trinajstić information content (AvgIpc) is 2.47. The molecule has 2 N–H and O–H groups in total. The Kier molecular flexibility index (Phi) is 3.47. The number of fused-ring (bicyclic) bond motifs is 1. The van der Waals surface area contributed by atoms with Crippen molar-refractivity contribution < 1.29 is 10.2 Å². The summed E-state index contributed by atoms with van der Waals surface area (Å²) in [6.45, 7) is 3.44. The number of likely N-dealkylation sites (N-methyl/N-ethyl adjacent to an activating group) is 1. The first-order valence-corrected chi connectivity index (χ1v) is 7.16. The summed E-state index contributed by atoms with van der Waals surface area (Å²) >= 11 is 0. The molecule has 1 aliphatic rings. The van der Waals surface area contributed by atoms with Crippen LogP contribution in [0.25, 0.3) is 0 Å². The van der Waals surface area contributed by atoms with Gasteiger partial charge in [0.25, 0.3) is 0 Å².